The number of aliphatic imine (C=N–C) groups is 1. The third-order valence-electron chi connectivity index (χ3n) is 3.36. The lowest BCUT2D eigenvalue weighted by atomic mass is 10.1. The molecule has 19 heavy (non-hydrogen) atoms. The molecule has 2 aromatic carbocycles. The Balaban J connectivity index is 1.79. The molecular weight excluding hydrogens is 318 g/mol. The number of benzene rings is 2. The van der Waals surface area contributed by atoms with Gasteiger partial charge in [-0.3, -0.25) is 4.99 Å². The Morgan fingerprint density at radius 2 is 1.95 bits per heavy atom. The van der Waals surface area contributed by atoms with Crippen LogP contribution in [0.3, 0.4) is 0 Å². The molecule has 0 saturated carbocycles. The lowest BCUT2D eigenvalue weighted by Crippen LogP contribution is -1.96. The summed E-state index contributed by atoms with van der Waals surface area (Å²) in [7, 11) is 0. The molecule has 0 N–H and O–H groups in total. The lowest BCUT2D eigenvalue weighted by Gasteiger charge is -1.96. The predicted octanol–water partition coefficient (Wildman–Crippen LogP) is 5.34. The third kappa shape index (κ3) is 1.94. The van der Waals surface area contributed by atoms with Crippen LogP contribution in [-0.2, 0) is 6.42 Å². The van der Waals surface area contributed by atoms with E-state index in [0.717, 1.165) is 16.6 Å². The molecule has 3 aromatic rings. The van der Waals surface area contributed by atoms with Crippen molar-refractivity contribution in [1.29, 1.82) is 0 Å². The molecule has 4 rings (SSSR count). The average molecular weight is 328 g/mol. The summed E-state index contributed by atoms with van der Waals surface area (Å²) in [5.41, 5.74) is 3.60. The van der Waals surface area contributed by atoms with Gasteiger partial charge in [0.15, 0.2) is 0 Å². The Bertz CT molecular complexity index is 783. The normalized spacial score (nSPS) is 13.6. The van der Waals surface area contributed by atoms with Gasteiger partial charge in [-0.1, -0.05) is 34.1 Å². The van der Waals surface area contributed by atoms with Gasteiger partial charge in [-0.05, 0) is 41.3 Å². The van der Waals surface area contributed by atoms with Crippen LogP contribution in [-0.4, -0.2) is 5.71 Å². The van der Waals surface area contributed by atoms with Gasteiger partial charge in [0.1, 0.15) is 0 Å². The van der Waals surface area contributed by atoms with E-state index in [-0.39, 0.29) is 0 Å². The predicted molar refractivity (Wildman–Crippen MR) is 85.9 cm³/mol. The van der Waals surface area contributed by atoms with Crippen molar-refractivity contribution >= 4 is 48.8 Å². The molecule has 0 spiro atoms. The number of hydrogen-bond donors (Lipinski definition) is 0. The summed E-state index contributed by atoms with van der Waals surface area (Å²) in [6.45, 7) is 0. The van der Waals surface area contributed by atoms with Gasteiger partial charge < -0.3 is 0 Å². The van der Waals surface area contributed by atoms with Crippen molar-refractivity contribution in [1.82, 2.24) is 0 Å². The molecule has 0 atom stereocenters. The smallest absolute Gasteiger partial charge is 0.0670 e. The minimum atomic E-state index is 0.932. The average Bonchev–Trinajstić information content (AvgIpc) is 3.00. The van der Waals surface area contributed by atoms with Crippen LogP contribution in [0.1, 0.15) is 10.4 Å². The van der Waals surface area contributed by atoms with E-state index in [0.29, 0.717) is 0 Å². The number of hydrogen-bond acceptors (Lipinski definition) is 2. The quantitative estimate of drug-likeness (QED) is 0.572. The van der Waals surface area contributed by atoms with E-state index in [4.69, 9.17) is 4.99 Å². The molecule has 1 aliphatic heterocycles. The molecule has 0 fully saturated rings. The second-order valence-corrected chi connectivity index (χ2v) is 6.66. The number of halogens is 1. The third-order valence-corrected chi connectivity index (χ3v) is 5.02. The van der Waals surface area contributed by atoms with Crippen LogP contribution < -0.4 is 0 Å². The van der Waals surface area contributed by atoms with E-state index in [9.17, 15) is 0 Å². The molecule has 1 nitrogen and oxygen atoms in total. The zero-order chi connectivity index (χ0) is 12.8. The van der Waals surface area contributed by atoms with Crippen molar-refractivity contribution in [3.63, 3.8) is 0 Å². The second kappa shape index (κ2) is 4.29. The van der Waals surface area contributed by atoms with Crippen LogP contribution in [0, 0.1) is 0 Å². The Hall–Kier alpha value is -1.45. The van der Waals surface area contributed by atoms with Gasteiger partial charge in [-0.25, -0.2) is 0 Å². The first-order valence-electron chi connectivity index (χ1n) is 6.14. The molecule has 0 radical (unpaired) electrons. The van der Waals surface area contributed by atoms with Gasteiger partial charge in [-0.15, -0.1) is 11.3 Å². The standard InChI is InChI=1S/C16H10BrNS/c17-12-5-6-13-11(7-12)8-14(18-13)16-9-10-3-1-2-4-15(10)19-16/h1-7,9H,8H2. The molecule has 3 heteroatoms. The first kappa shape index (κ1) is 11.4. The van der Waals surface area contributed by atoms with E-state index < -0.39 is 0 Å². The summed E-state index contributed by atoms with van der Waals surface area (Å²) in [6.07, 6.45) is 0.932. The molecule has 0 aliphatic carbocycles. The highest BCUT2D eigenvalue weighted by Gasteiger charge is 2.17. The molecule has 0 amide bonds. The van der Waals surface area contributed by atoms with Crippen molar-refractivity contribution in [2.75, 3.05) is 0 Å². The van der Waals surface area contributed by atoms with Gasteiger partial charge in [0, 0.05) is 15.6 Å². The van der Waals surface area contributed by atoms with Crippen molar-refractivity contribution < 1.29 is 0 Å². The lowest BCUT2D eigenvalue weighted by molar-refractivity contribution is 1.38. The fraction of sp³-hybridized carbons (Fsp3) is 0.0625. The highest BCUT2D eigenvalue weighted by molar-refractivity contribution is 9.10. The molecular formula is C16H10BrNS. The molecule has 1 aliphatic rings. The summed E-state index contributed by atoms with van der Waals surface area (Å²) < 4.78 is 2.45. The molecule has 2 heterocycles. The van der Waals surface area contributed by atoms with Crippen molar-refractivity contribution in [3.8, 4) is 0 Å². The highest BCUT2D eigenvalue weighted by Crippen LogP contribution is 2.34. The molecule has 0 bridgehead atoms. The Morgan fingerprint density at radius 1 is 1.05 bits per heavy atom. The summed E-state index contributed by atoms with van der Waals surface area (Å²) >= 11 is 5.35. The Labute approximate surface area is 123 Å². The van der Waals surface area contributed by atoms with E-state index >= 15 is 0 Å². The van der Waals surface area contributed by atoms with Crippen molar-refractivity contribution in [3.05, 3.63) is 63.4 Å². The molecule has 0 saturated heterocycles. The number of nitrogens with zero attached hydrogens (tertiary/aromatic N) is 1. The summed E-state index contributed by atoms with van der Waals surface area (Å²) in [6, 6.07) is 17.1. The fourth-order valence-electron chi connectivity index (χ4n) is 2.44. The highest BCUT2D eigenvalue weighted by atomic mass is 79.9. The first-order chi connectivity index (χ1) is 9.29. The van der Waals surface area contributed by atoms with Crippen LogP contribution in [0.4, 0.5) is 5.69 Å². The molecule has 1 aromatic heterocycles. The van der Waals surface area contributed by atoms with Crippen molar-refractivity contribution in [2.45, 2.75) is 6.42 Å². The number of fused-ring (bicyclic) bond motifs is 2. The van der Waals surface area contributed by atoms with Gasteiger partial charge in [0.05, 0.1) is 16.3 Å². The second-order valence-electron chi connectivity index (χ2n) is 4.66. The van der Waals surface area contributed by atoms with Crippen LogP contribution in [0.15, 0.2) is 58.0 Å². The summed E-state index contributed by atoms with van der Waals surface area (Å²) in [5, 5.41) is 1.31. The maximum atomic E-state index is 4.76. The number of thiophene rings is 1. The number of rotatable bonds is 1. The topological polar surface area (TPSA) is 12.4 Å². The minimum Gasteiger partial charge on any atom is -0.251 e. The largest absolute Gasteiger partial charge is 0.251 e. The van der Waals surface area contributed by atoms with E-state index in [1.165, 1.54) is 26.2 Å². The summed E-state index contributed by atoms with van der Waals surface area (Å²) in [5.74, 6) is 0. The van der Waals surface area contributed by atoms with E-state index in [1.807, 2.05) is 11.3 Å². The van der Waals surface area contributed by atoms with Crippen LogP contribution >= 0.6 is 27.3 Å². The van der Waals surface area contributed by atoms with Crippen LogP contribution in [0.2, 0.25) is 0 Å². The monoisotopic (exact) mass is 327 g/mol. The maximum absolute atomic E-state index is 4.76. The Kier molecular flexibility index (Phi) is 2.57. The summed E-state index contributed by atoms with van der Waals surface area (Å²) in [4.78, 5) is 6.05. The first-order valence-corrected chi connectivity index (χ1v) is 7.75. The van der Waals surface area contributed by atoms with E-state index in [2.05, 4.69) is 64.5 Å². The van der Waals surface area contributed by atoms with E-state index in [1.54, 1.807) is 0 Å². The maximum Gasteiger partial charge on any atom is 0.0670 e. The van der Waals surface area contributed by atoms with Gasteiger partial charge in [0.25, 0.3) is 0 Å². The zero-order valence-electron chi connectivity index (χ0n) is 10.1. The zero-order valence-corrected chi connectivity index (χ0v) is 12.5. The SMILES string of the molecule is Brc1ccc2c(c1)CC(c1cc3ccccc3s1)=N2. The van der Waals surface area contributed by atoms with Crippen molar-refractivity contribution in [2.24, 2.45) is 4.99 Å². The van der Waals surface area contributed by atoms with Gasteiger partial charge in [0.2, 0.25) is 0 Å². The molecule has 92 valence electrons. The Morgan fingerprint density at radius 3 is 2.84 bits per heavy atom. The fourth-order valence-corrected chi connectivity index (χ4v) is 3.89. The van der Waals surface area contributed by atoms with Gasteiger partial charge in [-0.2, -0.15) is 0 Å². The van der Waals surface area contributed by atoms with Crippen LogP contribution in [0.5, 0.6) is 0 Å². The minimum absolute atomic E-state index is 0.932. The van der Waals surface area contributed by atoms with Gasteiger partial charge >= 0.3 is 0 Å². The molecule has 0 unspecified atom stereocenters. The van der Waals surface area contributed by atoms with Crippen LogP contribution in [0.25, 0.3) is 10.1 Å².